The third-order valence-electron chi connectivity index (χ3n) is 6.14. The number of hydrogen-bond donors (Lipinski definition) is 0. The zero-order valence-electron chi connectivity index (χ0n) is 19.9. The average Bonchev–Trinajstić information content (AvgIpc) is 2.83. The second-order valence-electron chi connectivity index (χ2n) is 8.33. The van der Waals surface area contributed by atoms with Crippen LogP contribution in [0.25, 0.3) is 11.1 Å². The van der Waals surface area contributed by atoms with Crippen LogP contribution < -0.4 is 4.74 Å². The van der Waals surface area contributed by atoms with Crippen LogP contribution in [0.15, 0.2) is 54.6 Å². The van der Waals surface area contributed by atoms with Crippen LogP contribution >= 0.6 is 0 Å². The Balaban J connectivity index is 1.90. The van der Waals surface area contributed by atoms with Crippen molar-refractivity contribution in [3.63, 3.8) is 0 Å². The molecular weight excluding hydrogens is 400 g/mol. The number of carbonyl (C=O) groups excluding carboxylic acids is 2. The maximum Gasteiger partial charge on any atom is 0.328 e. The van der Waals surface area contributed by atoms with Crippen molar-refractivity contribution in [3.8, 4) is 16.9 Å². The van der Waals surface area contributed by atoms with E-state index in [9.17, 15) is 9.59 Å². The third-order valence-corrected chi connectivity index (χ3v) is 6.14. The molecule has 0 spiro atoms. The van der Waals surface area contributed by atoms with E-state index in [0.29, 0.717) is 25.2 Å². The van der Waals surface area contributed by atoms with Crippen LogP contribution in [0.4, 0.5) is 0 Å². The zero-order chi connectivity index (χ0) is 23.2. The van der Waals surface area contributed by atoms with E-state index in [1.165, 1.54) is 25.7 Å². The predicted molar refractivity (Wildman–Crippen MR) is 129 cm³/mol. The first-order valence-corrected chi connectivity index (χ1v) is 12.1. The van der Waals surface area contributed by atoms with Gasteiger partial charge in [-0.05, 0) is 42.5 Å². The minimum atomic E-state index is -1.26. The van der Waals surface area contributed by atoms with Gasteiger partial charge in [0, 0.05) is 0 Å². The summed E-state index contributed by atoms with van der Waals surface area (Å²) in [5.74, 6) is -0.584. The summed E-state index contributed by atoms with van der Waals surface area (Å²) in [6.45, 7) is 6.22. The van der Waals surface area contributed by atoms with Gasteiger partial charge in [-0.25, -0.2) is 0 Å². The minimum Gasteiger partial charge on any atom is -0.465 e. The highest BCUT2D eigenvalue weighted by atomic mass is 16.6. The molecule has 32 heavy (non-hydrogen) atoms. The molecule has 174 valence electrons. The molecule has 0 aliphatic heterocycles. The Labute approximate surface area is 193 Å². The van der Waals surface area contributed by atoms with Crippen LogP contribution in [0.3, 0.4) is 0 Å². The SMILES string of the molecule is CCCCCCCCCOC(=O)C(CC)(CC)C(=O)Oc1ccc(-c2ccccc2)cc1. The number of benzene rings is 2. The van der Waals surface area contributed by atoms with E-state index in [2.05, 4.69) is 6.92 Å². The summed E-state index contributed by atoms with van der Waals surface area (Å²) in [6, 6.07) is 17.4. The molecule has 0 heterocycles. The van der Waals surface area contributed by atoms with Crippen LogP contribution in [-0.2, 0) is 14.3 Å². The highest BCUT2D eigenvalue weighted by Gasteiger charge is 2.46. The highest BCUT2D eigenvalue weighted by Crippen LogP contribution is 2.32. The molecule has 0 N–H and O–H groups in total. The van der Waals surface area contributed by atoms with Crippen molar-refractivity contribution in [3.05, 3.63) is 54.6 Å². The van der Waals surface area contributed by atoms with E-state index < -0.39 is 17.4 Å². The molecular formula is C28H38O4. The van der Waals surface area contributed by atoms with Crippen LogP contribution in [-0.4, -0.2) is 18.5 Å². The summed E-state index contributed by atoms with van der Waals surface area (Å²) in [5.41, 5.74) is 0.867. The van der Waals surface area contributed by atoms with Gasteiger partial charge in [0.15, 0.2) is 5.41 Å². The molecule has 4 heteroatoms. The number of esters is 2. The van der Waals surface area contributed by atoms with Gasteiger partial charge in [-0.2, -0.15) is 0 Å². The van der Waals surface area contributed by atoms with E-state index in [4.69, 9.17) is 9.47 Å². The highest BCUT2D eigenvalue weighted by molar-refractivity contribution is 6.00. The maximum atomic E-state index is 13.0. The molecule has 4 nitrogen and oxygen atoms in total. The van der Waals surface area contributed by atoms with E-state index in [-0.39, 0.29) is 0 Å². The molecule has 0 amide bonds. The number of unbranched alkanes of at least 4 members (excludes halogenated alkanes) is 6. The third kappa shape index (κ3) is 7.22. The van der Waals surface area contributed by atoms with Gasteiger partial charge in [-0.1, -0.05) is 102 Å². The lowest BCUT2D eigenvalue weighted by Crippen LogP contribution is -2.42. The Bertz CT molecular complexity index is 807. The largest absolute Gasteiger partial charge is 0.465 e. The Morgan fingerprint density at radius 1 is 0.688 bits per heavy atom. The Morgan fingerprint density at radius 2 is 1.25 bits per heavy atom. The fourth-order valence-corrected chi connectivity index (χ4v) is 3.82. The van der Waals surface area contributed by atoms with Gasteiger partial charge in [-0.3, -0.25) is 9.59 Å². The molecule has 2 aromatic rings. The molecule has 0 unspecified atom stereocenters. The molecule has 0 aromatic heterocycles. The molecule has 2 aromatic carbocycles. The Kier molecular flexibility index (Phi) is 11.0. The number of carbonyl (C=O) groups is 2. The van der Waals surface area contributed by atoms with Crippen LogP contribution in [0.2, 0.25) is 0 Å². The van der Waals surface area contributed by atoms with Crippen LogP contribution in [0.5, 0.6) is 5.75 Å². The van der Waals surface area contributed by atoms with Crippen molar-refractivity contribution in [2.24, 2.45) is 5.41 Å². The summed E-state index contributed by atoms with van der Waals surface area (Å²) in [5, 5.41) is 0. The fourth-order valence-electron chi connectivity index (χ4n) is 3.82. The van der Waals surface area contributed by atoms with Crippen molar-refractivity contribution in [1.82, 2.24) is 0 Å². The molecule has 0 atom stereocenters. The summed E-state index contributed by atoms with van der Waals surface area (Å²) >= 11 is 0. The minimum absolute atomic E-state index is 0.348. The van der Waals surface area contributed by atoms with E-state index in [1.54, 1.807) is 12.1 Å². The first-order valence-electron chi connectivity index (χ1n) is 12.1. The van der Waals surface area contributed by atoms with E-state index >= 15 is 0 Å². The second kappa shape index (κ2) is 13.7. The predicted octanol–water partition coefficient (Wildman–Crippen LogP) is 7.36. The summed E-state index contributed by atoms with van der Waals surface area (Å²) < 4.78 is 11.1. The molecule has 0 bridgehead atoms. The van der Waals surface area contributed by atoms with Gasteiger partial charge >= 0.3 is 11.9 Å². The summed E-state index contributed by atoms with van der Waals surface area (Å²) in [4.78, 5) is 25.9. The zero-order valence-corrected chi connectivity index (χ0v) is 19.9. The summed E-state index contributed by atoms with van der Waals surface area (Å²) in [6.07, 6.45) is 8.74. The monoisotopic (exact) mass is 438 g/mol. The van der Waals surface area contributed by atoms with Gasteiger partial charge in [0.25, 0.3) is 0 Å². The molecule has 0 radical (unpaired) electrons. The number of ether oxygens (including phenoxy) is 2. The molecule has 0 aliphatic carbocycles. The van der Waals surface area contributed by atoms with Gasteiger partial charge < -0.3 is 9.47 Å². The first kappa shape index (κ1) is 25.6. The van der Waals surface area contributed by atoms with E-state index in [1.807, 2.05) is 56.3 Å². The van der Waals surface area contributed by atoms with Crippen molar-refractivity contribution in [2.45, 2.75) is 78.6 Å². The molecule has 0 aliphatic rings. The van der Waals surface area contributed by atoms with Gasteiger partial charge in [0.2, 0.25) is 0 Å². The van der Waals surface area contributed by atoms with Crippen LogP contribution in [0.1, 0.15) is 78.6 Å². The Hall–Kier alpha value is -2.62. The molecule has 0 saturated carbocycles. The van der Waals surface area contributed by atoms with Crippen LogP contribution in [0, 0.1) is 5.41 Å². The van der Waals surface area contributed by atoms with Gasteiger partial charge in [0.05, 0.1) is 6.61 Å². The fraction of sp³-hybridized carbons (Fsp3) is 0.500. The second-order valence-corrected chi connectivity index (χ2v) is 8.33. The normalized spacial score (nSPS) is 11.2. The van der Waals surface area contributed by atoms with Crippen molar-refractivity contribution >= 4 is 11.9 Å². The lowest BCUT2D eigenvalue weighted by atomic mass is 9.82. The van der Waals surface area contributed by atoms with Gasteiger partial charge in [0.1, 0.15) is 5.75 Å². The number of rotatable bonds is 14. The maximum absolute atomic E-state index is 13.0. The molecule has 2 rings (SSSR count). The van der Waals surface area contributed by atoms with Crippen molar-refractivity contribution in [2.75, 3.05) is 6.61 Å². The standard InChI is InChI=1S/C28H38O4/c1-4-7-8-9-10-11-15-22-31-26(29)28(5-2,6-3)27(30)32-25-20-18-24(19-21-25)23-16-13-12-14-17-23/h12-14,16-21H,4-11,15,22H2,1-3H3. The van der Waals surface area contributed by atoms with Gasteiger partial charge in [-0.15, -0.1) is 0 Å². The molecule has 0 fully saturated rings. The Morgan fingerprint density at radius 3 is 1.84 bits per heavy atom. The molecule has 0 saturated heterocycles. The van der Waals surface area contributed by atoms with E-state index in [0.717, 1.165) is 30.4 Å². The summed E-state index contributed by atoms with van der Waals surface area (Å²) in [7, 11) is 0. The quantitative estimate of drug-likeness (QED) is 0.134. The average molecular weight is 439 g/mol. The lowest BCUT2D eigenvalue weighted by molar-refractivity contribution is -0.168. The van der Waals surface area contributed by atoms with Crippen molar-refractivity contribution < 1.29 is 19.1 Å². The first-order chi connectivity index (χ1) is 15.6. The lowest BCUT2D eigenvalue weighted by Gasteiger charge is -2.26. The van der Waals surface area contributed by atoms with Crippen molar-refractivity contribution in [1.29, 1.82) is 0 Å². The number of hydrogen-bond acceptors (Lipinski definition) is 4. The topological polar surface area (TPSA) is 52.6 Å². The smallest absolute Gasteiger partial charge is 0.328 e.